The summed E-state index contributed by atoms with van der Waals surface area (Å²) in [5, 5.41) is 22.7. The van der Waals surface area contributed by atoms with Crippen LogP contribution in [-0.2, 0) is 9.59 Å². The van der Waals surface area contributed by atoms with Gasteiger partial charge in [0.15, 0.2) is 0 Å². The van der Waals surface area contributed by atoms with E-state index in [-0.39, 0.29) is 12.5 Å². The molecule has 4 rings (SSSR count). The fourth-order valence-electron chi connectivity index (χ4n) is 4.29. The number of carbonyl (C=O) groups is 2. The Labute approximate surface area is 142 Å². The first kappa shape index (κ1) is 17.0. The van der Waals surface area contributed by atoms with E-state index in [0.29, 0.717) is 38.5 Å². The van der Waals surface area contributed by atoms with E-state index in [0.717, 1.165) is 11.1 Å². The van der Waals surface area contributed by atoms with E-state index in [9.17, 15) is 19.8 Å². The lowest BCUT2D eigenvalue weighted by Crippen LogP contribution is -2.52. The van der Waals surface area contributed by atoms with E-state index in [4.69, 9.17) is 0 Å². The number of rotatable bonds is 5. The first-order valence-corrected chi connectivity index (χ1v) is 8.64. The maximum atomic E-state index is 12.7. The quantitative estimate of drug-likeness (QED) is 0.774. The van der Waals surface area contributed by atoms with Gasteiger partial charge in [-0.3, -0.25) is 9.59 Å². The molecule has 5 nitrogen and oxygen atoms in total. The third-order valence-electron chi connectivity index (χ3n) is 6.19. The van der Waals surface area contributed by atoms with Crippen molar-refractivity contribution in [1.29, 1.82) is 0 Å². The predicted molar refractivity (Wildman–Crippen MR) is 89.4 cm³/mol. The lowest BCUT2D eigenvalue weighted by Gasteiger charge is -2.50. The van der Waals surface area contributed by atoms with Crippen molar-refractivity contribution < 1.29 is 19.8 Å². The normalized spacial score (nSPS) is 29.9. The highest BCUT2D eigenvalue weighted by atomic mass is 16.4. The summed E-state index contributed by atoms with van der Waals surface area (Å²) in [6.45, 7) is 2.13. The summed E-state index contributed by atoms with van der Waals surface area (Å²) >= 11 is 0. The number of fused-ring (bicyclic) bond motifs is 3. The molecule has 2 bridgehead atoms. The van der Waals surface area contributed by atoms with Crippen LogP contribution in [-0.4, -0.2) is 28.6 Å². The third kappa shape index (κ3) is 2.81. The van der Waals surface area contributed by atoms with Crippen LogP contribution in [0.4, 0.5) is 0 Å². The Bertz CT molecular complexity index is 630. The van der Waals surface area contributed by atoms with Crippen LogP contribution in [0.3, 0.4) is 0 Å². The van der Waals surface area contributed by atoms with E-state index < -0.39 is 22.9 Å². The molecule has 1 aromatic rings. The van der Waals surface area contributed by atoms with E-state index in [1.165, 1.54) is 0 Å². The number of carboxylic acids is 1. The highest BCUT2D eigenvalue weighted by Crippen LogP contribution is 2.57. The van der Waals surface area contributed by atoms with E-state index in [2.05, 4.69) is 5.32 Å². The lowest BCUT2D eigenvalue weighted by molar-refractivity contribution is -0.163. The van der Waals surface area contributed by atoms with Gasteiger partial charge in [0.1, 0.15) is 0 Å². The van der Waals surface area contributed by atoms with E-state index in [1.54, 1.807) is 0 Å². The summed E-state index contributed by atoms with van der Waals surface area (Å²) in [6, 6.07) is 7.60. The molecule has 1 aromatic carbocycles. The molecule has 1 amide bonds. The fourth-order valence-corrected chi connectivity index (χ4v) is 4.29. The molecule has 0 spiro atoms. The molecule has 0 aliphatic heterocycles. The van der Waals surface area contributed by atoms with Crippen molar-refractivity contribution in [2.75, 3.05) is 6.54 Å². The third-order valence-corrected chi connectivity index (χ3v) is 6.19. The molecule has 0 aromatic heterocycles. The van der Waals surface area contributed by atoms with E-state index >= 15 is 0 Å². The highest BCUT2D eigenvalue weighted by molar-refractivity contribution is 5.84. The maximum absolute atomic E-state index is 12.7. The molecule has 3 saturated carbocycles. The van der Waals surface area contributed by atoms with Crippen LogP contribution in [0.25, 0.3) is 0 Å². The topological polar surface area (TPSA) is 86.6 Å². The first-order valence-electron chi connectivity index (χ1n) is 8.64. The molecule has 24 heavy (non-hydrogen) atoms. The number of aryl methyl sites for hydroxylation is 1. The number of carbonyl (C=O) groups excluding carboxylic acids is 1. The summed E-state index contributed by atoms with van der Waals surface area (Å²) in [6.07, 6.45) is 2.90. The second-order valence-electron chi connectivity index (χ2n) is 7.45. The van der Waals surface area contributed by atoms with Gasteiger partial charge in [-0.15, -0.1) is 0 Å². The largest absolute Gasteiger partial charge is 0.481 e. The Kier molecular flexibility index (Phi) is 4.38. The summed E-state index contributed by atoms with van der Waals surface area (Å²) in [4.78, 5) is 24.2. The summed E-state index contributed by atoms with van der Waals surface area (Å²) < 4.78 is 0. The monoisotopic (exact) mass is 331 g/mol. The molecule has 1 atom stereocenters. The van der Waals surface area contributed by atoms with Crippen molar-refractivity contribution in [3.63, 3.8) is 0 Å². The predicted octanol–water partition coefficient (Wildman–Crippen LogP) is 2.57. The molecule has 1 unspecified atom stereocenters. The van der Waals surface area contributed by atoms with Crippen LogP contribution in [0.15, 0.2) is 24.3 Å². The zero-order valence-corrected chi connectivity index (χ0v) is 14.0. The Balaban J connectivity index is 1.61. The van der Waals surface area contributed by atoms with Gasteiger partial charge in [-0.05, 0) is 56.6 Å². The number of benzene rings is 1. The van der Waals surface area contributed by atoms with Gasteiger partial charge in [0.25, 0.3) is 0 Å². The minimum Gasteiger partial charge on any atom is -0.481 e. The second-order valence-corrected chi connectivity index (χ2v) is 7.45. The lowest BCUT2D eigenvalue weighted by atomic mass is 9.53. The molecule has 0 radical (unpaired) electrons. The molecule has 3 aliphatic rings. The number of amides is 1. The van der Waals surface area contributed by atoms with Crippen molar-refractivity contribution >= 4 is 11.9 Å². The summed E-state index contributed by atoms with van der Waals surface area (Å²) in [7, 11) is 0. The fraction of sp³-hybridized carbons (Fsp3) is 0.579. The smallest absolute Gasteiger partial charge is 0.309 e. The average molecular weight is 331 g/mol. The highest BCUT2D eigenvalue weighted by Gasteiger charge is 2.55. The Morgan fingerprint density at radius 1 is 1.08 bits per heavy atom. The zero-order valence-electron chi connectivity index (χ0n) is 14.0. The second kappa shape index (κ2) is 6.20. The number of aliphatic hydroxyl groups is 1. The zero-order chi connectivity index (χ0) is 17.4. The van der Waals surface area contributed by atoms with Gasteiger partial charge in [0.2, 0.25) is 5.91 Å². The number of carboxylic acid groups (broad SMARTS) is 1. The molecular weight excluding hydrogens is 306 g/mol. The van der Waals surface area contributed by atoms with Gasteiger partial charge in [-0.1, -0.05) is 24.3 Å². The molecule has 3 aliphatic carbocycles. The molecule has 3 fully saturated rings. The number of nitrogens with one attached hydrogen (secondary N) is 1. The molecule has 0 heterocycles. The number of aliphatic hydroxyl groups excluding tert-OH is 1. The van der Waals surface area contributed by atoms with Crippen LogP contribution in [0.2, 0.25) is 0 Å². The van der Waals surface area contributed by atoms with Crippen LogP contribution < -0.4 is 5.32 Å². The minimum atomic E-state index is -0.725. The van der Waals surface area contributed by atoms with Crippen molar-refractivity contribution in [3.05, 3.63) is 35.4 Å². The maximum Gasteiger partial charge on any atom is 0.309 e. The van der Waals surface area contributed by atoms with Crippen molar-refractivity contribution in [2.24, 2.45) is 10.8 Å². The van der Waals surface area contributed by atoms with Gasteiger partial charge >= 0.3 is 5.97 Å². The van der Waals surface area contributed by atoms with Gasteiger partial charge in [-0.25, -0.2) is 0 Å². The molecule has 0 saturated heterocycles. The van der Waals surface area contributed by atoms with Crippen molar-refractivity contribution in [2.45, 2.75) is 51.6 Å². The summed E-state index contributed by atoms with van der Waals surface area (Å²) in [5.74, 6) is -0.750. The molecule has 5 heteroatoms. The van der Waals surface area contributed by atoms with Gasteiger partial charge in [0, 0.05) is 12.0 Å². The van der Waals surface area contributed by atoms with Crippen molar-refractivity contribution in [1.82, 2.24) is 5.32 Å². The Hall–Kier alpha value is -1.88. The standard InChI is InChI=1S/C19H25NO4/c1-13-4-2-3-5-14(13)15(21)12-20-16(22)18-6-9-19(10-7-18,11-8-18)17(23)24/h2-5,15,21H,6-12H2,1H3,(H,20,22)(H,23,24). The minimum absolute atomic E-state index is 0.0335. The summed E-state index contributed by atoms with van der Waals surface area (Å²) in [5.41, 5.74) is 0.775. The number of aliphatic carboxylic acids is 1. The van der Waals surface area contributed by atoms with Crippen LogP contribution in [0.5, 0.6) is 0 Å². The van der Waals surface area contributed by atoms with Crippen LogP contribution in [0.1, 0.15) is 55.8 Å². The molecule has 130 valence electrons. The Morgan fingerprint density at radius 3 is 2.17 bits per heavy atom. The molecular formula is C19H25NO4. The first-order chi connectivity index (χ1) is 11.4. The molecule has 3 N–H and O–H groups in total. The van der Waals surface area contributed by atoms with Crippen molar-refractivity contribution in [3.8, 4) is 0 Å². The number of hydrogen-bond donors (Lipinski definition) is 3. The van der Waals surface area contributed by atoms with Crippen LogP contribution >= 0.6 is 0 Å². The van der Waals surface area contributed by atoms with Crippen LogP contribution in [0, 0.1) is 17.8 Å². The SMILES string of the molecule is Cc1ccccc1C(O)CNC(=O)C12CCC(C(=O)O)(CC1)CC2. The van der Waals surface area contributed by atoms with Gasteiger partial charge < -0.3 is 15.5 Å². The van der Waals surface area contributed by atoms with Gasteiger partial charge in [-0.2, -0.15) is 0 Å². The average Bonchev–Trinajstić information content (AvgIpc) is 2.61. The Morgan fingerprint density at radius 2 is 1.62 bits per heavy atom. The van der Waals surface area contributed by atoms with E-state index in [1.807, 2.05) is 31.2 Å². The number of hydrogen-bond acceptors (Lipinski definition) is 3. The van der Waals surface area contributed by atoms with Gasteiger partial charge in [0.05, 0.1) is 11.5 Å².